The first-order valence-corrected chi connectivity index (χ1v) is 6.68. The number of carbonyl (C=O) groups is 1. The molecule has 0 aliphatic heterocycles. The Morgan fingerprint density at radius 1 is 1.14 bits per heavy atom. The average Bonchev–Trinajstić information content (AvgIpc) is 2.89. The monoisotopic (exact) mass is 281 g/mol. The van der Waals surface area contributed by atoms with E-state index in [-0.39, 0.29) is 11.7 Å². The van der Waals surface area contributed by atoms with Crippen LogP contribution in [0.5, 0.6) is 5.75 Å². The standard InChI is InChI=1S/C17H15NO3/c1-11-2-7-15-13(8-11)9-16(21-15)17(20)18-10-12-3-5-14(19)6-4-12/h2-9,19H,10H2,1H3,(H,18,20). The molecule has 0 bridgehead atoms. The Bertz CT molecular complexity index is 787. The molecule has 0 unspecified atom stereocenters. The lowest BCUT2D eigenvalue weighted by atomic mass is 10.2. The maximum Gasteiger partial charge on any atom is 0.287 e. The Labute approximate surface area is 122 Å². The summed E-state index contributed by atoms with van der Waals surface area (Å²) in [6.07, 6.45) is 0. The molecule has 4 heteroatoms. The van der Waals surface area contributed by atoms with E-state index >= 15 is 0 Å². The van der Waals surface area contributed by atoms with Crippen molar-refractivity contribution in [2.75, 3.05) is 0 Å². The number of phenols is 1. The molecule has 0 atom stereocenters. The lowest BCUT2D eigenvalue weighted by Crippen LogP contribution is -2.22. The van der Waals surface area contributed by atoms with Gasteiger partial charge < -0.3 is 14.8 Å². The van der Waals surface area contributed by atoms with E-state index in [0.29, 0.717) is 17.9 Å². The van der Waals surface area contributed by atoms with Crippen molar-refractivity contribution in [3.63, 3.8) is 0 Å². The van der Waals surface area contributed by atoms with Crippen LogP contribution < -0.4 is 5.32 Å². The zero-order valence-corrected chi connectivity index (χ0v) is 11.6. The first kappa shape index (κ1) is 13.2. The van der Waals surface area contributed by atoms with Gasteiger partial charge in [0.25, 0.3) is 5.91 Å². The van der Waals surface area contributed by atoms with E-state index in [4.69, 9.17) is 4.42 Å². The molecule has 0 saturated heterocycles. The van der Waals surface area contributed by atoms with E-state index in [1.54, 1.807) is 30.3 Å². The Balaban J connectivity index is 1.73. The molecule has 0 spiro atoms. The summed E-state index contributed by atoms with van der Waals surface area (Å²) in [7, 11) is 0. The maximum atomic E-state index is 12.1. The van der Waals surface area contributed by atoms with Gasteiger partial charge in [0.1, 0.15) is 11.3 Å². The summed E-state index contributed by atoms with van der Waals surface area (Å²) >= 11 is 0. The SMILES string of the molecule is Cc1ccc2oc(C(=O)NCc3ccc(O)cc3)cc2c1. The fourth-order valence-corrected chi connectivity index (χ4v) is 2.16. The molecule has 1 heterocycles. The Morgan fingerprint density at radius 2 is 1.90 bits per heavy atom. The first-order valence-electron chi connectivity index (χ1n) is 6.68. The molecule has 0 aliphatic rings. The van der Waals surface area contributed by atoms with E-state index < -0.39 is 0 Å². The van der Waals surface area contributed by atoms with E-state index in [1.807, 2.05) is 25.1 Å². The van der Waals surface area contributed by atoms with Crippen molar-refractivity contribution in [3.05, 3.63) is 65.4 Å². The highest BCUT2D eigenvalue weighted by atomic mass is 16.3. The minimum absolute atomic E-state index is 0.206. The number of rotatable bonds is 3. The van der Waals surface area contributed by atoms with Crippen molar-refractivity contribution in [1.82, 2.24) is 5.32 Å². The van der Waals surface area contributed by atoms with Crippen LogP contribution in [0.2, 0.25) is 0 Å². The molecule has 3 rings (SSSR count). The number of nitrogens with one attached hydrogen (secondary N) is 1. The van der Waals surface area contributed by atoms with Crippen LogP contribution in [0.25, 0.3) is 11.0 Å². The van der Waals surface area contributed by atoms with Gasteiger partial charge in [-0.05, 0) is 42.8 Å². The lowest BCUT2D eigenvalue weighted by molar-refractivity contribution is 0.0925. The van der Waals surface area contributed by atoms with Gasteiger partial charge in [0, 0.05) is 11.9 Å². The van der Waals surface area contributed by atoms with Crippen molar-refractivity contribution in [2.24, 2.45) is 0 Å². The molecule has 3 aromatic rings. The summed E-state index contributed by atoms with van der Waals surface area (Å²) in [6, 6.07) is 14.2. The number of fused-ring (bicyclic) bond motifs is 1. The van der Waals surface area contributed by atoms with Crippen LogP contribution in [0.4, 0.5) is 0 Å². The second kappa shape index (κ2) is 5.32. The number of aryl methyl sites for hydroxylation is 1. The third-order valence-electron chi connectivity index (χ3n) is 3.29. The molecule has 106 valence electrons. The molecule has 1 aromatic heterocycles. The summed E-state index contributed by atoms with van der Waals surface area (Å²) in [5.74, 6) is 0.254. The van der Waals surface area contributed by atoms with Gasteiger partial charge in [0.2, 0.25) is 0 Å². The normalized spacial score (nSPS) is 10.7. The van der Waals surface area contributed by atoms with E-state index in [9.17, 15) is 9.90 Å². The Morgan fingerprint density at radius 3 is 2.67 bits per heavy atom. The second-order valence-corrected chi connectivity index (χ2v) is 5.00. The predicted octanol–water partition coefficient (Wildman–Crippen LogP) is 3.38. The zero-order valence-electron chi connectivity index (χ0n) is 11.6. The molecule has 0 saturated carbocycles. The minimum atomic E-state index is -0.253. The van der Waals surface area contributed by atoms with Crippen molar-refractivity contribution >= 4 is 16.9 Å². The molecule has 2 aromatic carbocycles. The molecule has 0 radical (unpaired) electrons. The number of benzene rings is 2. The second-order valence-electron chi connectivity index (χ2n) is 5.00. The maximum absolute atomic E-state index is 12.1. The average molecular weight is 281 g/mol. The van der Waals surface area contributed by atoms with Crippen LogP contribution in [0, 0.1) is 6.92 Å². The number of aromatic hydroxyl groups is 1. The van der Waals surface area contributed by atoms with Crippen LogP contribution in [0.15, 0.2) is 52.9 Å². The van der Waals surface area contributed by atoms with Crippen molar-refractivity contribution < 1.29 is 14.3 Å². The van der Waals surface area contributed by atoms with Crippen molar-refractivity contribution in [3.8, 4) is 5.75 Å². The molecule has 21 heavy (non-hydrogen) atoms. The molecule has 1 amide bonds. The summed E-state index contributed by atoms with van der Waals surface area (Å²) < 4.78 is 5.54. The van der Waals surface area contributed by atoms with E-state index in [2.05, 4.69) is 5.32 Å². The van der Waals surface area contributed by atoms with Gasteiger partial charge in [0.15, 0.2) is 5.76 Å². The molecule has 0 aliphatic carbocycles. The number of furan rings is 1. The highest BCUT2D eigenvalue weighted by Crippen LogP contribution is 2.20. The third-order valence-corrected chi connectivity index (χ3v) is 3.29. The fraction of sp³-hybridized carbons (Fsp3) is 0.118. The topological polar surface area (TPSA) is 62.5 Å². The number of hydrogen-bond acceptors (Lipinski definition) is 3. The molecule has 0 fully saturated rings. The number of carbonyl (C=O) groups excluding carboxylic acids is 1. The predicted molar refractivity (Wildman–Crippen MR) is 80.2 cm³/mol. The highest BCUT2D eigenvalue weighted by molar-refractivity contribution is 5.96. The van der Waals surface area contributed by atoms with E-state index in [0.717, 1.165) is 16.5 Å². The van der Waals surface area contributed by atoms with Gasteiger partial charge in [-0.25, -0.2) is 0 Å². The van der Waals surface area contributed by atoms with Crippen LogP contribution >= 0.6 is 0 Å². The van der Waals surface area contributed by atoms with Crippen LogP contribution in [0.3, 0.4) is 0 Å². The first-order chi connectivity index (χ1) is 10.1. The highest BCUT2D eigenvalue weighted by Gasteiger charge is 2.11. The molecular formula is C17H15NO3. The van der Waals surface area contributed by atoms with Crippen molar-refractivity contribution in [1.29, 1.82) is 0 Å². The van der Waals surface area contributed by atoms with Crippen molar-refractivity contribution in [2.45, 2.75) is 13.5 Å². The third kappa shape index (κ3) is 2.89. The smallest absolute Gasteiger partial charge is 0.287 e. The van der Waals surface area contributed by atoms with Gasteiger partial charge in [-0.1, -0.05) is 23.8 Å². The van der Waals surface area contributed by atoms with Gasteiger partial charge in [-0.3, -0.25) is 4.79 Å². The van der Waals surface area contributed by atoms with Gasteiger partial charge in [0.05, 0.1) is 0 Å². The fourth-order valence-electron chi connectivity index (χ4n) is 2.16. The zero-order chi connectivity index (χ0) is 14.8. The van der Waals surface area contributed by atoms with Gasteiger partial charge >= 0.3 is 0 Å². The summed E-state index contributed by atoms with van der Waals surface area (Å²) in [4.78, 5) is 12.1. The lowest BCUT2D eigenvalue weighted by Gasteiger charge is -2.03. The van der Waals surface area contributed by atoms with Crippen LogP contribution in [0.1, 0.15) is 21.7 Å². The molecule has 4 nitrogen and oxygen atoms in total. The van der Waals surface area contributed by atoms with Crippen LogP contribution in [-0.2, 0) is 6.54 Å². The Hall–Kier alpha value is -2.75. The summed E-state index contributed by atoms with van der Waals surface area (Å²) in [6.45, 7) is 2.38. The minimum Gasteiger partial charge on any atom is -0.508 e. The van der Waals surface area contributed by atoms with Gasteiger partial charge in [-0.15, -0.1) is 0 Å². The largest absolute Gasteiger partial charge is 0.508 e. The summed E-state index contributed by atoms with van der Waals surface area (Å²) in [5, 5.41) is 12.9. The Kier molecular flexibility index (Phi) is 3.36. The molecular weight excluding hydrogens is 266 g/mol. The summed E-state index contributed by atoms with van der Waals surface area (Å²) in [5.41, 5.74) is 2.74. The molecule has 2 N–H and O–H groups in total. The van der Waals surface area contributed by atoms with Crippen LogP contribution in [-0.4, -0.2) is 11.0 Å². The quantitative estimate of drug-likeness (QED) is 0.773. The number of amides is 1. The van der Waals surface area contributed by atoms with E-state index in [1.165, 1.54) is 0 Å². The number of phenolic OH excluding ortho intramolecular Hbond substituents is 1. The number of hydrogen-bond donors (Lipinski definition) is 2. The van der Waals surface area contributed by atoms with Gasteiger partial charge in [-0.2, -0.15) is 0 Å².